The van der Waals surface area contributed by atoms with Gasteiger partial charge in [-0.3, -0.25) is 0 Å². The maximum absolute atomic E-state index is 5.52. The second-order valence-electron chi connectivity index (χ2n) is 3.86. The van der Waals surface area contributed by atoms with Gasteiger partial charge in [0.15, 0.2) is 0 Å². The van der Waals surface area contributed by atoms with Crippen LogP contribution in [0.4, 0.5) is 5.95 Å². The monoisotopic (exact) mass is 248 g/mol. The van der Waals surface area contributed by atoms with Crippen LogP contribution in [0.2, 0.25) is 0 Å². The van der Waals surface area contributed by atoms with Crippen LogP contribution in [-0.2, 0) is 0 Å². The molecule has 4 nitrogen and oxygen atoms in total. The molecular weight excluding hydrogens is 232 g/mol. The van der Waals surface area contributed by atoms with Crippen LogP contribution in [0.3, 0.4) is 0 Å². The molecule has 2 aromatic heterocycles. The fraction of sp³-hybridized carbons (Fsp3) is 0.333. The number of thiophene rings is 1. The minimum absolute atomic E-state index is 0.599. The summed E-state index contributed by atoms with van der Waals surface area (Å²) in [6.45, 7) is 3.45. The summed E-state index contributed by atoms with van der Waals surface area (Å²) >= 11 is 1.74. The van der Waals surface area contributed by atoms with Crippen molar-refractivity contribution in [2.24, 2.45) is 5.73 Å². The highest BCUT2D eigenvalue weighted by atomic mass is 32.1. The van der Waals surface area contributed by atoms with E-state index in [-0.39, 0.29) is 0 Å². The van der Waals surface area contributed by atoms with Crippen molar-refractivity contribution in [2.75, 3.05) is 25.0 Å². The summed E-state index contributed by atoms with van der Waals surface area (Å²) in [4.78, 5) is 13.2. The molecule has 17 heavy (non-hydrogen) atoms. The third kappa shape index (κ3) is 2.81. The fourth-order valence-electron chi connectivity index (χ4n) is 1.54. The Kier molecular flexibility index (Phi) is 3.71. The molecule has 2 heterocycles. The molecule has 0 aliphatic rings. The first-order valence-corrected chi connectivity index (χ1v) is 6.33. The Labute approximate surface area is 105 Å². The summed E-state index contributed by atoms with van der Waals surface area (Å²) in [6.07, 6.45) is 1.79. The molecule has 5 heteroatoms. The second kappa shape index (κ2) is 5.25. The van der Waals surface area contributed by atoms with E-state index in [4.69, 9.17) is 5.73 Å². The Morgan fingerprint density at radius 2 is 2.18 bits per heavy atom. The number of anilines is 1. The molecule has 0 bridgehead atoms. The summed E-state index contributed by atoms with van der Waals surface area (Å²) in [5.41, 5.74) is 6.49. The van der Waals surface area contributed by atoms with E-state index in [0.29, 0.717) is 6.54 Å². The first-order valence-electron chi connectivity index (χ1n) is 5.52. The van der Waals surface area contributed by atoms with Gasteiger partial charge in [0, 0.05) is 31.2 Å². The molecule has 0 aromatic carbocycles. The number of likely N-dealkylation sites (N-methyl/N-ethyl adjacent to an activating group) is 1. The zero-order valence-electron chi connectivity index (χ0n) is 10.1. The van der Waals surface area contributed by atoms with Crippen LogP contribution in [0.1, 0.15) is 4.88 Å². The average Bonchev–Trinajstić information content (AvgIpc) is 2.76. The van der Waals surface area contributed by atoms with Gasteiger partial charge >= 0.3 is 0 Å². The van der Waals surface area contributed by atoms with Crippen LogP contribution in [0.15, 0.2) is 24.4 Å². The summed E-state index contributed by atoms with van der Waals surface area (Å²) in [5, 5.41) is 0. The smallest absolute Gasteiger partial charge is 0.225 e. The van der Waals surface area contributed by atoms with Gasteiger partial charge in [0.2, 0.25) is 5.95 Å². The SMILES string of the molecule is Cc1ccc(-c2ccnc(N(C)CCN)n2)s1. The van der Waals surface area contributed by atoms with E-state index in [1.807, 2.05) is 18.0 Å². The van der Waals surface area contributed by atoms with Crippen LogP contribution in [-0.4, -0.2) is 30.1 Å². The predicted molar refractivity (Wildman–Crippen MR) is 72.4 cm³/mol. The maximum Gasteiger partial charge on any atom is 0.225 e. The number of nitrogens with two attached hydrogens (primary N) is 1. The molecule has 0 spiro atoms. The molecule has 0 saturated carbocycles. The highest BCUT2D eigenvalue weighted by Crippen LogP contribution is 2.26. The van der Waals surface area contributed by atoms with Crippen LogP contribution in [0.5, 0.6) is 0 Å². The molecule has 90 valence electrons. The van der Waals surface area contributed by atoms with Gasteiger partial charge in [-0.15, -0.1) is 11.3 Å². The predicted octanol–water partition coefficient (Wildman–Crippen LogP) is 1.91. The largest absolute Gasteiger partial charge is 0.343 e. The lowest BCUT2D eigenvalue weighted by atomic mass is 10.3. The van der Waals surface area contributed by atoms with Crippen molar-refractivity contribution >= 4 is 17.3 Å². The van der Waals surface area contributed by atoms with E-state index in [1.165, 1.54) is 9.75 Å². The van der Waals surface area contributed by atoms with Gasteiger partial charge in [0.25, 0.3) is 0 Å². The minimum atomic E-state index is 0.599. The van der Waals surface area contributed by atoms with Gasteiger partial charge in [-0.05, 0) is 25.1 Å². The van der Waals surface area contributed by atoms with Crippen molar-refractivity contribution in [3.63, 3.8) is 0 Å². The number of rotatable bonds is 4. The van der Waals surface area contributed by atoms with E-state index in [1.54, 1.807) is 17.5 Å². The maximum atomic E-state index is 5.52. The molecule has 2 aromatic rings. The first kappa shape index (κ1) is 12.0. The lowest BCUT2D eigenvalue weighted by Gasteiger charge is -2.15. The molecule has 0 aliphatic carbocycles. The zero-order chi connectivity index (χ0) is 12.3. The van der Waals surface area contributed by atoms with Crippen LogP contribution in [0.25, 0.3) is 10.6 Å². The quantitative estimate of drug-likeness (QED) is 0.898. The Balaban J connectivity index is 2.28. The summed E-state index contributed by atoms with van der Waals surface area (Å²) in [6, 6.07) is 6.13. The van der Waals surface area contributed by atoms with Crippen molar-refractivity contribution in [3.05, 3.63) is 29.3 Å². The van der Waals surface area contributed by atoms with Crippen LogP contribution in [0, 0.1) is 6.92 Å². The van der Waals surface area contributed by atoms with Crippen molar-refractivity contribution in [1.82, 2.24) is 9.97 Å². The third-order valence-corrected chi connectivity index (χ3v) is 3.46. The number of hydrogen-bond acceptors (Lipinski definition) is 5. The fourth-order valence-corrected chi connectivity index (χ4v) is 2.37. The molecule has 0 radical (unpaired) electrons. The van der Waals surface area contributed by atoms with Crippen molar-refractivity contribution < 1.29 is 0 Å². The molecule has 0 saturated heterocycles. The van der Waals surface area contributed by atoms with Gasteiger partial charge < -0.3 is 10.6 Å². The van der Waals surface area contributed by atoms with E-state index in [2.05, 4.69) is 29.0 Å². The van der Waals surface area contributed by atoms with Gasteiger partial charge in [-0.2, -0.15) is 0 Å². The topological polar surface area (TPSA) is 55.0 Å². The first-order chi connectivity index (χ1) is 8.20. The highest BCUT2D eigenvalue weighted by molar-refractivity contribution is 7.15. The Morgan fingerprint density at radius 3 is 2.82 bits per heavy atom. The van der Waals surface area contributed by atoms with Crippen molar-refractivity contribution in [1.29, 1.82) is 0 Å². The Morgan fingerprint density at radius 1 is 1.35 bits per heavy atom. The van der Waals surface area contributed by atoms with Gasteiger partial charge in [0.05, 0.1) is 10.6 Å². The molecule has 0 aliphatic heterocycles. The van der Waals surface area contributed by atoms with E-state index in [0.717, 1.165) is 18.2 Å². The summed E-state index contributed by atoms with van der Waals surface area (Å²) in [7, 11) is 1.95. The molecule has 0 unspecified atom stereocenters. The summed E-state index contributed by atoms with van der Waals surface area (Å²) in [5.74, 6) is 0.721. The number of hydrogen-bond donors (Lipinski definition) is 1. The third-order valence-electron chi connectivity index (χ3n) is 2.44. The molecular formula is C12H16N4S. The van der Waals surface area contributed by atoms with Gasteiger partial charge in [-0.1, -0.05) is 0 Å². The molecule has 2 rings (SSSR count). The highest BCUT2D eigenvalue weighted by Gasteiger charge is 2.07. The zero-order valence-corrected chi connectivity index (χ0v) is 10.9. The minimum Gasteiger partial charge on any atom is -0.343 e. The van der Waals surface area contributed by atoms with Crippen molar-refractivity contribution in [2.45, 2.75) is 6.92 Å². The van der Waals surface area contributed by atoms with Crippen molar-refractivity contribution in [3.8, 4) is 10.6 Å². The number of aromatic nitrogens is 2. The number of nitrogens with zero attached hydrogens (tertiary/aromatic N) is 3. The lowest BCUT2D eigenvalue weighted by Crippen LogP contribution is -2.26. The normalized spacial score (nSPS) is 10.5. The molecule has 0 atom stereocenters. The summed E-state index contributed by atoms with van der Waals surface area (Å²) < 4.78 is 0. The average molecular weight is 248 g/mol. The van der Waals surface area contributed by atoms with Crippen LogP contribution >= 0.6 is 11.3 Å². The molecule has 0 fully saturated rings. The van der Waals surface area contributed by atoms with Gasteiger partial charge in [-0.25, -0.2) is 9.97 Å². The van der Waals surface area contributed by atoms with E-state index in [9.17, 15) is 0 Å². The lowest BCUT2D eigenvalue weighted by molar-refractivity contribution is 0.847. The molecule has 0 amide bonds. The Hall–Kier alpha value is -1.46. The van der Waals surface area contributed by atoms with E-state index >= 15 is 0 Å². The number of aryl methyl sites for hydroxylation is 1. The molecule has 2 N–H and O–H groups in total. The standard InChI is InChI=1S/C12H16N4S/c1-9-3-4-11(17-9)10-5-7-14-12(15-10)16(2)8-6-13/h3-5,7H,6,8,13H2,1-2H3. The Bertz CT molecular complexity index is 495. The van der Waals surface area contributed by atoms with E-state index < -0.39 is 0 Å². The van der Waals surface area contributed by atoms with Gasteiger partial charge in [0.1, 0.15) is 0 Å². The van der Waals surface area contributed by atoms with Crippen LogP contribution < -0.4 is 10.6 Å². The second-order valence-corrected chi connectivity index (χ2v) is 5.15.